The van der Waals surface area contributed by atoms with Crippen LogP contribution >= 0.6 is 15.9 Å². The number of likely N-dealkylation sites (N-methyl/N-ethyl adjacent to an activating group) is 1. The molecule has 0 saturated heterocycles. The third-order valence-corrected chi connectivity index (χ3v) is 4.23. The summed E-state index contributed by atoms with van der Waals surface area (Å²) < 4.78 is 1.18. The smallest absolute Gasteiger partial charge is 0.0489 e. The summed E-state index contributed by atoms with van der Waals surface area (Å²) >= 11 is 3.60. The quantitative estimate of drug-likeness (QED) is 0.851. The van der Waals surface area contributed by atoms with Gasteiger partial charge in [0.2, 0.25) is 0 Å². The summed E-state index contributed by atoms with van der Waals surface area (Å²) in [5.41, 5.74) is 5.58. The lowest BCUT2D eigenvalue weighted by molar-refractivity contribution is 0.268. The molecule has 0 fully saturated rings. The van der Waals surface area contributed by atoms with Crippen LogP contribution < -0.4 is 0 Å². The zero-order chi connectivity index (χ0) is 12.0. The van der Waals surface area contributed by atoms with E-state index >= 15 is 0 Å². The lowest BCUT2D eigenvalue weighted by Gasteiger charge is -2.25. The summed E-state index contributed by atoms with van der Waals surface area (Å²) in [4.78, 5) is 6.11. The van der Waals surface area contributed by atoms with Crippen molar-refractivity contribution in [2.45, 2.75) is 26.8 Å². The van der Waals surface area contributed by atoms with E-state index in [9.17, 15) is 0 Å². The molecular weight excluding hydrogens is 276 g/mol. The van der Waals surface area contributed by atoms with Gasteiger partial charge in [-0.25, -0.2) is 0 Å². The van der Waals surface area contributed by atoms with Gasteiger partial charge in [-0.2, -0.15) is 0 Å². The van der Waals surface area contributed by atoms with Crippen molar-refractivity contribution in [1.29, 1.82) is 0 Å². The summed E-state index contributed by atoms with van der Waals surface area (Å²) in [5, 5.41) is 1.39. The van der Waals surface area contributed by atoms with E-state index in [0.29, 0.717) is 0 Å². The standard InChI is InChI=1S/C14H17BrN2/c1-3-17-5-4-13-12(8-17)11-7-10(15)6-9(2)14(11)16-13/h6-7,16H,3-5,8H2,1-2H3. The molecule has 3 heteroatoms. The van der Waals surface area contributed by atoms with Crippen LogP contribution in [0.25, 0.3) is 10.9 Å². The van der Waals surface area contributed by atoms with E-state index in [1.54, 1.807) is 0 Å². The van der Waals surface area contributed by atoms with Crippen LogP contribution in [0, 0.1) is 6.92 Å². The molecular formula is C14H17BrN2. The molecule has 2 heterocycles. The predicted octanol–water partition coefficient (Wildman–Crippen LogP) is 3.62. The summed E-state index contributed by atoms with van der Waals surface area (Å²) in [5.74, 6) is 0. The Hall–Kier alpha value is -0.800. The van der Waals surface area contributed by atoms with Crippen molar-refractivity contribution in [3.8, 4) is 0 Å². The Balaban J connectivity index is 2.20. The first-order valence-corrected chi connectivity index (χ1v) is 7.00. The van der Waals surface area contributed by atoms with E-state index in [0.717, 1.165) is 19.5 Å². The fourth-order valence-electron chi connectivity index (χ4n) is 2.77. The summed E-state index contributed by atoms with van der Waals surface area (Å²) in [6.45, 7) is 7.81. The van der Waals surface area contributed by atoms with Gasteiger partial charge in [-0.05, 0) is 36.7 Å². The number of aryl methyl sites for hydroxylation is 1. The summed E-state index contributed by atoms with van der Waals surface area (Å²) in [7, 11) is 0. The first-order valence-electron chi connectivity index (χ1n) is 6.21. The Morgan fingerprint density at radius 2 is 2.24 bits per heavy atom. The molecule has 1 aromatic carbocycles. The van der Waals surface area contributed by atoms with Crippen LogP contribution in [0.3, 0.4) is 0 Å². The SMILES string of the molecule is CCN1CCc2[nH]c3c(C)cc(Br)cc3c2C1. The second kappa shape index (κ2) is 4.14. The maximum Gasteiger partial charge on any atom is 0.0489 e. The van der Waals surface area contributed by atoms with Gasteiger partial charge in [0, 0.05) is 40.6 Å². The van der Waals surface area contributed by atoms with Crippen LogP contribution in [0.1, 0.15) is 23.7 Å². The molecule has 0 amide bonds. The van der Waals surface area contributed by atoms with E-state index in [1.165, 1.54) is 38.7 Å². The number of fused-ring (bicyclic) bond motifs is 3. The molecule has 3 rings (SSSR count). The van der Waals surface area contributed by atoms with Crippen LogP contribution in [0.15, 0.2) is 16.6 Å². The lowest BCUT2D eigenvalue weighted by atomic mass is 10.0. The summed E-state index contributed by atoms with van der Waals surface area (Å²) in [6.07, 6.45) is 1.15. The Morgan fingerprint density at radius 1 is 1.41 bits per heavy atom. The van der Waals surface area contributed by atoms with Crippen molar-refractivity contribution >= 4 is 26.8 Å². The van der Waals surface area contributed by atoms with Gasteiger partial charge in [0.25, 0.3) is 0 Å². The van der Waals surface area contributed by atoms with Crippen molar-refractivity contribution in [1.82, 2.24) is 9.88 Å². The fourth-order valence-corrected chi connectivity index (χ4v) is 3.34. The first kappa shape index (κ1) is 11.3. The molecule has 2 aromatic rings. The van der Waals surface area contributed by atoms with Gasteiger partial charge in [-0.3, -0.25) is 4.90 Å². The minimum atomic E-state index is 1.09. The molecule has 1 aromatic heterocycles. The van der Waals surface area contributed by atoms with E-state index in [1.807, 2.05) is 0 Å². The van der Waals surface area contributed by atoms with E-state index in [-0.39, 0.29) is 0 Å². The Labute approximate surface area is 110 Å². The highest BCUT2D eigenvalue weighted by molar-refractivity contribution is 9.10. The van der Waals surface area contributed by atoms with Crippen LogP contribution in [0.2, 0.25) is 0 Å². The first-order chi connectivity index (χ1) is 8.19. The number of nitrogens with one attached hydrogen (secondary N) is 1. The third-order valence-electron chi connectivity index (χ3n) is 3.77. The normalized spacial score (nSPS) is 16.4. The molecule has 1 N–H and O–H groups in total. The molecule has 0 atom stereocenters. The molecule has 17 heavy (non-hydrogen) atoms. The highest BCUT2D eigenvalue weighted by atomic mass is 79.9. The maximum atomic E-state index is 3.61. The number of benzene rings is 1. The fraction of sp³-hybridized carbons (Fsp3) is 0.429. The number of aromatic amines is 1. The van der Waals surface area contributed by atoms with Gasteiger partial charge in [0.15, 0.2) is 0 Å². The molecule has 0 unspecified atom stereocenters. The summed E-state index contributed by atoms with van der Waals surface area (Å²) in [6, 6.07) is 4.43. The average molecular weight is 293 g/mol. The Morgan fingerprint density at radius 3 is 3.00 bits per heavy atom. The second-order valence-corrected chi connectivity index (χ2v) is 5.76. The van der Waals surface area contributed by atoms with Crippen molar-refractivity contribution in [2.24, 2.45) is 0 Å². The molecule has 90 valence electrons. The molecule has 1 aliphatic heterocycles. The Bertz CT molecular complexity index is 571. The van der Waals surface area contributed by atoms with Crippen LogP contribution in [-0.4, -0.2) is 23.0 Å². The molecule has 0 bridgehead atoms. The minimum Gasteiger partial charge on any atom is -0.358 e. The minimum absolute atomic E-state index is 1.09. The zero-order valence-corrected chi connectivity index (χ0v) is 11.9. The molecule has 0 aliphatic carbocycles. The van der Waals surface area contributed by atoms with E-state index < -0.39 is 0 Å². The zero-order valence-electron chi connectivity index (χ0n) is 10.3. The number of H-pyrrole nitrogens is 1. The monoisotopic (exact) mass is 292 g/mol. The van der Waals surface area contributed by atoms with Crippen molar-refractivity contribution < 1.29 is 0 Å². The number of hydrogen-bond acceptors (Lipinski definition) is 1. The molecule has 1 aliphatic rings. The largest absolute Gasteiger partial charge is 0.358 e. The van der Waals surface area contributed by atoms with Gasteiger partial charge >= 0.3 is 0 Å². The van der Waals surface area contributed by atoms with Gasteiger partial charge in [-0.15, -0.1) is 0 Å². The van der Waals surface area contributed by atoms with Crippen LogP contribution in [0.5, 0.6) is 0 Å². The van der Waals surface area contributed by atoms with E-state index in [2.05, 4.69) is 51.8 Å². The molecule has 0 radical (unpaired) electrons. The van der Waals surface area contributed by atoms with Gasteiger partial charge in [0.1, 0.15) is 0 Å². The Kier molecular flexibility index (Phi) is 2.75. The number of hydrogen-bond donors (Lipinski definition) is 1. The van der Waals surface area contributed by atoms with Gasteiger partial charge in [0.05, 0.1) is 0 Å². The molecule has 0 saturated carbocycles. The highest BCUT2D eigenvalue weighted by Crippen LogP contribution is 2.31. The maximum absolute atomic E-state index is 3.61. The number of halogens is 1. The predicted molar refractivity (Wildman–Crippen MR) is 75.4 cm³/mol. The number of nitrogens with zero attached hydrogens (tertiary/aromatic N) is 1. The van der Waals surface area contributed by atoms with Crippen LogP contribution in [-0.2, 0) is 13.0 Å². The second-order valence-electron chi connectivity index (χ2n) is 4.85. The highest BCUT2D eigenvalue weighted by Gasteiger charge is 2.20. The number of aromatic nitrogens is 1. The van der Waals surface area contributed by atoms with Crippen molar-refractivity contribution in [2.75, 3.05) is 13.1 Å². The van der Waals surface area contributed by atoms with Crippen molar-refractivity contribution in [3.63, 3.8) is 0 Å². The molecule has 0 spiro atoms. The van der Waals surface area contributed by atoms with Crippen LogP contribution in [0.4, 0.5) is 0 Å². The molecule has 2 nitrogen and oxygen atoms in total. The topological polar surface area (TPSA) is 19.0 Å². The van der Waals surface area contributed by atoms with Gasteiger partial charge in [-0.1, -0.05) is 22.9 Å². The van der Waals surface area contributed by atoms with E-state index in [4.69, 9.17) is 0 Å². The lowest BCUT2D eigenvalue weighted by Crippen LogP contribution is -2.29. The van der Waals surface area contributed by atoms with Gasteiger partial charge < -0.3 is 4.98 Å². The number of rotatable bonds is 1. The van der Waals surface area contributed by atoms with Crippen molar-refractivity contribution in [3.05, 3.63) is 33.4 Å². The average Bonchev–Trinajstić information content (AvgIpc) is 2.67. The third kappa shape index (κ3) is 1.81.